The van der Waals surface area contributed by atoms with Crippen LogP contribution < -0.4 is 10.4 Å². The first-order valence-electron chi connectivity index (χ1n) is 29.6. The van der Waals surface area contributed by atoms with Crippen LogP contribution in [0.25, 0.3) is 92.4 Å². The minimum absolute atomic E-state index is 0.717. The zero-order valence-corrected chi connectivity index (χ0v) is 54.3. The maximum atomic E-state index is 5.14. The van der Waals surface area contributed by atoms with Gasteiger partial charge >= 0.3 is 0 Å². The molecule has 0 saturated heterocycles. The molecule has 11 rings (SSSR count). The largest absolute Gasteiger partial charge is 0.172 e. The van der Waals surface area contributed by atoms with E-state index in [1.165, 1.54) is 212 Å². The highest BCUT2D eigenvalue weighted by molar-refractivity contribution is 7.32. The molecule has 4 nitrogen and oxygen atoms in total. The van der Waals surface area contributed by atoms with E-state index in [0.29, 0.717) is 0 Å². The minimum atomic E-state index is -2.31. The molecule has 4 unspecified atom stereocenters. The van der Waals surface area contributed by atoms with Gasteiger partial charge in [-0.3, -0.25) is 0 Å². The number of hydrogen-bond acceptors (Lipinski definition) is 12. The van der Waals surface area contributed by atoms with Crippen LogP contribution in [0.5, 0.6) is 0 Å². The maximum Gasteiger partial charge on any atom is 0.122 e. The number of hydrogen-bond donors (Lipinski definition) is 0. The van der Waals surface area contributed by atoms with Gasteiger partial charge in [-0.1, -0.05) is 182 Å². The lowest BCUT2D eigenvalue weighted by Gasteiger charge is -2.35. The molecule has 4 atom stereocenters. The lowest BCUT2D eigenvalue weighted by Crippen LogP contribution is -2.56. The van der Waals surface area contributed by atoms with Gasteiger partial charge in [0.1, 0.15) is 30.1 Å². The Kier molecular flexibility index (Phi) is 18.2. The fourth-order valence-corrected chi connectivity index (χ4v) is 29.6. The molecule has 2 aromatic carbocycles. The quantitative estimate of drug-likeness (QED) is 0.0459. The molecule has 406 valence electrons. The van der Waals surface area contributed by atoms with Crippen LogP contribution in [0.2, 0.25) is 12.1 Å². The Morgan fingerprint density at radius 2 is 0.701 bits per heavy atom. The topological polar surface area (TPSA) is 51.6 Å². The van der Waals surface area contributed by atoms with Crippen molar-refractivity contribution >= 4 is 151 Å². The van der Waals surface area contributed by atoms with E-state index in [1.54, 1.807) is 29.9 Å². The van der Waals surface area contributed by atoms with E-state index < -0.39 is 8.07 Å². The summed E-state index contributed by atoms with van der Waals surface area (Å²) in [5.41, 5.74) is 9.18. The van der Waals surface area contributed by atoms with E-state index in [9.17, 15) is 0 Å². The summed E-state index contributed by atoms with van der Waals surface area (Å²) in [5.74, 6) is 3.00. The molecule has 0 spiro atoms. The summed E-state index contributed by atoms with van der Waals surface area (Å²) in [4.78, 5) is 11.5. The molecule has 9 heterocycles. The van der Waals surface area contributed by atoms with Gasteiger partial charge in [0, 0.05) is 80.1 Å². The number of fused-ring (bicyclic) bond motifs is 7. The van der Waals surface area contributed by atoms with E-state index in [0.717, 1.165) is 45.7 Å². The highest BCUT2D eigenvalue weighted by atomic mass is 32.1. The molecule has 0 saturated carbocycles. The Balaban J connectivity index is 0.979. The molecule has 10 aromatic rings. The third kappa shape index (κ3) is 11.2. The van der Waals surface area contributed by atoms with Crippen molar-refractivity contribution in [2.24, 2.45) is 23.7 Å². The summed E-state index contributed by atoms with van der Waals surface area (Å²) in [6.45, 7) is 19.1. The van der Waals surface area contributed by atoms with Crippen molar-refractivity contribution in [2.45, 2.75) is 183 Å². The van der Waals surface area contributed by atoms with Gasteiger partial charge in [0.2, 0.25) is 0 Å². The fourth-order valence-electron chi connectivity index (χ4n) is 12.9. The number of nitrogens with zero attached hydrogens (tertiary/aromatic N) is 4. The minimum Gasteiger partial charge on any atom is -0.172 e. The first-order valence-corrected chi connectivity index (χ1v) is 38.4. The molecule has 1 aliphatic heterocycles. The van der Waals surface area contributed by atoms with Crippen LogP contribution >= 0.6 is 91.5 Å². The Labute approximate surface area is 492 Å². The maximum absolute atomic E-state index is 5.14. The molecule has 0 amide bonds. The van der Waals surface area contributed by atoms with E-state index in [1.807, 2.05) is 45.3 Å². The predicted octanol–water partition coefficient (Wildman–Crippen LogP) is 22.5. The van der Waals surface area contributed by atoms with Crippen molar-refractivity contribution in [3.05, 3.63) is 70.4 Å². The fraction of sp³-hybridized carbons (Fsp3) is 0.500. The van der Waals surface area contributed by atoms with Crippen LogP contribution in [-0.2, 0) is 12.8 Å². The molecule has 13 heteroatoms. The predicted molar refractivity (Wildman–Crippen MR) is 353 cm³/mol. The van der Waals surface area contributed by atoms with Crippen molar-refractivity contribution in [1.29, 1.82) is 0 Å². The Bertz CT molecular complexity index is 3280. The number of rotatable bonds is 28. The zero-order valence-electron chi connectivity index (χ0n) is 46.8. The van der Waals surface area contributed by atoms with Crippen molar-refractivity contribution in [1.82, 2.24) is 17.5 Å². The van der Waals surface area contributed by atoms with Gasteiger partial charge in [-0.15, -0.1) is 68.0 Å². The second-order valence-electron chi connectivity index (χ2n) is 22.6. The normalized spacial score (nSPS) is 16.2. The summed E-state index contributed by atoms with van der Waals surface area (Å²) < 4.78 is 26.1. The lowest BCUT2D eigenvalue weighted by atomic mass is 9.95. The van der Waals surface area contributed by atoms with Gasteiger partial charge in [0.05, 0.1) is 23.5 Å². The molecular weight excluding hydrogens is 1110 g/mol. The van der Waals surface area contributed by atoms with Gasteiger partial charge in [0.25, 0.3) is 0 Å². The number of benzene rings is 2. The zero-order chi connectivity index (χ0) is 53.2. The molecule has 1 aliphatic rings. The number of aromatic nitrogens is 4. The molecule has 0 N–H and O–H groups in total. The third-order valence-corrected chi connectivity index (χ3v) is 31.6. The standard InChI is InChI=1S/C64H78N4S8Si/c1-9-17-21-39(13-5)29-43-31-53-55(69-43)33-49(71-53)45-25-27-47(61-59(45)65-75-67-61)51-35-57-63(73-51)64-58(77(57,37-41(15-7)23-19-11-3)38-42(16-8)24-20-12-4)36-52(74-64)48-28-26-46(60-62(48)68-76-66-60)50-34-56-54(72-50)32-44(70-56)30-40(14-6)22-18-10-2/h25-28,31-36,39-42H,9-24,29-30,37-38H2,1-8H3. The van der Waals surface area contributed by atoms with Gasteiger partial charge in [-0.25, -0.2) is 0 Å². The molecule has 8 aromatic heterocycles. The molecule has 0 radical (unpaired) electrons. The van der Waals surface area contributed by atoms with Crippen LogP contribution in [-0.4, -0.2) is 25.6 Å². The number of thiophene rings is 6. The van der Waals surface area contributed by atoms with Crippen molar-refractivity contribution in [2.75, 3.05) is 0 Å². The lowest BCUT2D eigenvalue weighted by molar-refractivity contribution is 0.452. The Morgan fingerprint density at radius 3 is 1.03 bits per heavy atom. The van der Waals surface area contributed by atoms with Crippen molar-refractivity contribution in [3.8, 4) is 51.5 Å². The van der Waals surface area contributed by atoms with Crippen molar-refractivity contribution in [3.63, 3.8) is 0 Å². The molecule has 77 heavy (non-hydrogen) atoms. The van der Waals surface area contributed by atoms with Gasteiger partial charge in [0.15, 0.2) is 0 Å². The summed E-state index contributed by atoms with van der Waals surface area (Å²) in [5, 5.41) is 3.43. The van der Waals surface area contributed by atoms with Crippen LogP contribution in [0.4, 0.5) is 0 Å². The summed E-state index contributed by atoms with van der Waals surface area (Å²) in [6.07, 6.45) is 23.1. The van der Waals surface area contributed by atoms with E-state index in [4.69, 9.17) is 17.5 Å². The third-order valence-electron chi connectivity index (χ3n) is 17.5. The first kappa shape index (κ1) is 55.9. The van der Waals surface area contributed by atoms with E-state index in [2.05, 4.69) is 139 Å². The number of unbranched alkanes of at least 4 members (excludes halogenated alkanes) is 4. The van der Waals surface area contributed by atoms with E-state index >= 15 is 0 Å². The van der Waals surface area contributed by atoms with Gasteiger partial charge in [-0.2, -0.15) is 17.5 Å². The van der Waals surface area contributed by atoms with Gasteiger partial charge < -0.3 is 0 Å². The van der Waals surface area contributed by atoms with Crippen molar-refractivity contribution < 1.29 is 0 Å². The van der Waals surface area contributed by atoms with Gasteiger partial charge in [-0.05, 0) is 95.4 Å². The van der Waals surface area contributed by atoms with E-state index in [-0.39, 0.29) is 0 Å². The monoisotopic (exact) mass is 1190 g/mol. The van der Waals surface area contributed by atoms with Crippen LogP contribution in [0.15, 0.2) is 60.7 Å². The molecule has 0 aliphatic carbocycles. The Hall–Kier alpha value is -2.98. The SMILES string of the molecule is CCCCC(CC)Cc1cc2sc(-c3ccc(-c4cc5c(s4)-c4sc(-c6ccc(-c7cc8sc(CC(CC)CCCC)cc8s7)c7nsnc67)cc4[Si]5(CC(CC)CCCC)CC(CC)CCCC)c4nsnc34)cc2s1. The second-order valence-corrected chi connectivity index (χ2v) is 34.3. The first-order chi connectivity index (χ1) is 37.7. The average molecular weight is 1190 g/mol. The molecular formula is C64H78N4S8Si. The summed E-state index contributed by atoms with van der Waals surface area (Å²) in [7, 11) is -2.31. The highest BCUT2D eigenvalue weighted by Crippen LogP contribution is 2.52. The summed E-state index contributed by atoms with van der Waals surface area (Å²) >= 11 is 14.7. The second kappa shape index (κ2) is 25.0. The van der Waals surface area contributed by atoms with Crippen LogP contribution in [0.3, 0.4) is 0 Å². The molecule has 0 fully saturated rings. The molecule has 0 bridgehead atoms. The van der Waals surface area contributed by atoms with Crippen LogP contribution in [0.1, 0.15) is 168 Å². The smallest absolute Gasteiger partial charge is 0.122 e. The highest BCUT2D eigenvalue weighted by Gasteiger charge is 2.50. The van der Waals surface area contributed by atoms with Crippen LogP contribution in [0, 0.1) is 23.7 Å². The Morgan fingerprint density at radius 1 is 0.377 bits per heavy atom. The average Bonchev–Trinajstić information content (AvgIpc) is 4.37. The summed E-state index contributed by atoms with van der Waals surface area (Å²) in [6, 6.07) is 27.5.